The van der Waals surface area contributed by atoms with E-state index >= 15 is 0 Å². The van der Waals surface area contributed by atoms with E-state index in [1.165, 1.54) is 0 Å². The fraction of sp³-hybridized carbons (Fsp3) is 0.529. The van der Waals surface area contributed by atoms with Gasteiger partial charge in [0.05, 0.1) is 6.04 Å². The lowest BCUT2D eigenvalue weighted by Gasteiger charge is -2.43. The zero-order valence-corrected chi connectivity index (χ0v) is 13.5. The van der Waals surface area contributed by atoms with Crippen LogP contribution >= 0.6 is 0 Å². The lowest BCUT2D eigenvalue weighted by Crippen LogP contribution is -2.63. The fourth-order valence-electron chi connectivity index (χ4n) is 3.36. The third-order valence-corrected chi connectivity index (χ3v) is 4.75. The van der Waals surface area contributed by atoms with Crippen LogP contribution in [-0.4, -0.2) is 60.6 Å². The summed E-state index contributed by atoms with van der Waals surface area (Å²) in [5.41, 5.74) is 0.972. The Labute approximate surface area is 140 Å². The SMILES string of the molecule is O=C(NCc1ccc2c(c1)OCCO2)N1CC(N2CCCC2=O)C1. The lowest BCUT2D eigenvalue weighted by atomic mass is 10.1. The highest BCUT2D eigenvalue weighted by Crippen LogP contribution is 2.30. The van der Waals surface area contributed by atoms with Crippen LogP contribution in [0.15, 0.2) is 18.2 Å². The van der Waals surface area contributed by atoms with Gasteiger partial charge in [0.1, 0.15) is 13.2 Å². The van der Waals surface area contributed by atoms with Crippen molar-refractivity contribution in [3.8, 4) is 11.5 Å². The molecule has 7 nitrogen and oxygen atoms in total. The maximum atomic E-state index is 12.2. The summed E-state index contributed by atoms with van der Waals surface area (Å²) >= 11 is 0. The van der Waals surface area contributed by atoms with Gasteiger partial charge in [-0.1, -0.05) is 6.07 Å². The largest absolute Gasteiger partial charge is 0.486 e. The van der Waals surface area contributed by atoms with Crippen LogP contribution in [0.2, 0.25) is 0 Å². The van der Waals surface area contributed by atoms with Crippen molar-refractivity contribution >= 4 is 11.9 Å². The lowest BCUT2D eigenvalue weighted by molar-refractivity contribution is -0.132. The fourth-order valence-corrected chi connectivity index (χ4v) is 3.36. The maximum absolute atomic E-state index is 12.2. The molecule has 2 fully saturated rings. The molecule has 1 aromatic carbocycles. The van der Waals surface area contributed by atoms with Crippen LogP contribution in [0.4, 0.5) is 4.79 Å². The van der Waals surface area contributed by atoms with Gasteiger partial charge >= 0.3 is 6.03 Å². The Balaban J connectivity index is 1.26. The molecule has 3 amide bonds. The summed E-state index contributed by atoms with van der Waals surface area (Å²) < 4.78 is 11.0. The van der Waals surface area contributed by atoms with Crippen LogP contribution in [0.1, 0.15) is 18.4 Å². The molecule has 3 heterocycles. The number of nitrogens with one attached hydrogen (secondary N) is 1. The predicted molar refractivity (Wildman–Crippen MR) is 86.0 cm³/mol. The van der Waals surface area contributed by atoms with Crippen molar-refractivity contribution in [2.45, 2.75) is 25.4 Å². The van der Waals surface area contributed by atoms with Crippen molar-refractivity contribution in [3.05, 3.63) is 23.8 Å². The Kier molecular flexibility index (Phi) is 3.92. The average Bonchev–Trinajstić information content (AvgIpc) is 2.97. The van der Waals surface area contributed by atoms with E-state index in [2.05, 4.69) is 5.32 Å². The summed E-state index contributed by atoms with van der Waals surface area (Å²) in [7, 11) is 0. The van der Waals surface area contributed by atoms with Gasteiger partial charge < -0.3 is 24.6 Å². The molecule has 0 spiro atoms. The number of benzene rings is 1. The average molecular weight is 331 g/mol. The number of carbonyl (C=O) groups is 2. The molecule has 1 N–H and O–H groups in total. The number of nitrogens with zero attached hydrogens (tertiary/aromatic N) is 2. The minimum Gasteiger partial charge on any atom is -0.486 e. The van der Waals surface area contributed by atoms with Crippen LogP contribution in [0.5, 0.6) is 11.5 Å². The quantitative estimate of drug-likeness (QED) is 0.896. The van der Waals surface area contributed by atoms with E-state index in [1.807, 2.05) is 23.1 Å². The van der Waals surface area contributed by atoms with Crippen LogP contribution in [0.3, 0.4) is 0 Å². The topological polar surface area (TPSA) is 71.1 Å². The van der Waals surface area contributed by atoms with Crippen molar-refractivity contribution < 1.29 is 19.1 Å². The number of rotatable bonds is 3. The minimum atomic E-state index is -0.0900. The van der Waals surface area contributed by atoms with Gasteiger partial charge in [-0.2, -0.15) is 0 Å². The first kappa shape index (κ1) is 15.1. The molecule has 128 valence electrons. The molecule has 1 aromatic rings. The summed E-state index contributed by atoms with van der Waals surface area (Å²) in [6.07, 6.45) is 1.58. The summed E-state index contributed by atoms with van der Waals surface area (Å²) in [5, 5.41) is 2.92. The Bertz CT molecular complexity index is 657. The number of hydrogen-bond donors (Lipinski definition) is 1. The number of ether oxygens (including phenoxy) is 2. The number of likely N-dealkylation sites (tertiary alicyclic amines) is 2. The maximum Gasteiger partial charge on any atom is 0.317 e. The van der Waals surface area contributed by atoms with Crippen molar-refractivity contribution in [2.75, 3.05) is 32.8 Å². The van der Waals surface area contributed by atoms with E-state index < -0.39 is 0 Å². The molecule has 7 heteroatoms. The molecule has 24 heavy (non-hydrogen) atoms. The smallest absolute Gasteiger partial charge is 0.317 e. The van der Waals surface area contributed by atoms with Gasteiger partial charge in [-0.25, -0.2) is 4.79 Å². The normalized spacial score (nSPS) is 20.1. The second kappa shape index (κ2) is 6.22. The number of hydrogen-bond acceptors (Lipinski definition) is 4. The highest BCUT2D eigenvalue weighted by Gasteiger charge is 2.38. The second-order valence-corrected chi connectivity index (χ2v) is 6.39. The molecule has 0 radical (unpaired) electrons. The molecular weight excluding hydrogens is 310 g/mol. The predicted octanol–water partition coefficient (Wildman–Crippen LogP) is 0.974. The Morgan fingerprint density at radius 1 is 1.21 bits per heavy atom. The first-order valence-electron chi connectivity index (χ1n) is 8.41. The Morgan fingerprint density at radius 3 is 2.75 bits per heavy atom. The van der Waals surface area contributed by atoms with E-state index in [0.29, 0.717) is 39.3 Å². The Morgan fingerprint density at radius 2 is 2.00 bits per heavy atom. The van der Waals surface area contributed by atoms with Crippen molar-refractivity contribution in [2.24, 2.45) is 0 Å². The van der Waals surface area contributed by atoms with Gasteiger partial charge in [0, 0.05) is 32.6 Å². The third kappa shape index (κ3) is 2.86. The summed E-state index contributed by atoms with van der Waals surface area (Å²) in [5.74, 6) is 1.69. The summed E-state index contributed by atoms with van der Waals surface area (Å²) in [4.78, 5) is 27.5. The summed E-state index contributed by atoms with van der Waals surface area (Å²) in [6.45, 7) is 3.64. The van der Waals surface area contributed by atoms with E-state index in [0.717, 1.165) is 30.0 Å². The third-order valence-electron chi connectivity index (χ3n) is 4.75. The molecule has 0 unspecified atom stereocenters. The molecule has 0 atom stereocenters. The van der Waals surface area contributed by atoms with E-state index in [4.69, 9.17) is 9.47 Å². The van der Waals surface area contributed by atoms with Crippen LogP contribution in [0, 0.1) is 0 Å². The number of amides is 3. The van der Waals surface area contributed by atoms with Crippen LogP contribution < -0.4 is 14.8 Å². The number of urea groups is 1. The van der Waals surface area contributed by atoms with E-state index in [9.17, 15) is 9.59 Å². The van der Waals surface area contributed by atoms with Crippen molar-refractivity contribution in [3.63, 3.8) is 0 Å². The molecule has 3 aliphatic heterocycles. The minimum absolute atomic E-state index is 0.0900. The summed E-state index contributed by atoms with van der Waals surface area (Å²) in [6, 6.07) is 5.80. The first-order valence-corrected chi connectivity index (χ1v) is 8.41. The van der Waals surface area contributed by atoms with Gasteiger partial charge in [0.2, 0.25) is 5.91 Å². The molecule has 3 aliphatic rings. The first-order chi connectivity index (χ1) is 11.7. The van der Waals surface area contributed by atoms with Crippen molar-refractivity contribution in [1.82, 2.24) is 15.1 Å². The number of fused-ring (bicyclic) bond motifs is 1. The molecule has 4 rings (SSSR count). The zero-order chi connectivity index (χ0) is 16.5. The molecular formula is C17H21N3O4. The molecule has 0 aliphatic carbocycles. The van der Waals surface area contributed by atoms with E-state index in [-0.39, 0.29) is 18.0 Å². The van der Waals surface area contributed by atoms with Gasteiger partial charge in [0.15, 0.2) is 11.5 Å². The molecule has 0 bridgehead atoms. The van der Waals surface area contributed by atoms with Crippen LogP contribution in [0.25, 0.3) is 0 Å². The molecule has 2 saturated heterocycles. The Hall–Kier alpha value is -2.44. The molecule has 0 aromatic heterocycles. The van der Waals surface area contributed by atoms with Gasteiger partial charge in [-0.15, -0.1) is 0 Å². The van der Waals surface area contributed by atoms with Gasteiger partial charge in [-0.05, 0) is 24.1 Å². The number of carbonyl (C=O) groups excluding carboxylic acids is 2. The molecule has 0 saturated carbocycles. The highest BCUT2D eigenvalue weighted by atomic mass is 16.6. The van der Waals surface area contributed by atoms with Gasteiger partial charge in [-0.3, -0.25) is 4.79 Å². The monoisotopic (exact) mass is 331 g/mol. The van der Waals surface area contributed by atoms with Crippen molar-refractivity contribution in [1.29, 1.82) is 0 Å². The standard InChI is InChI=1S/C17H21N3O4/c21-16-2-1-5-20(16)13-10-19(11-13)17(22)18-9-12-3-4-14-15(8-12)24-7-6-23-14/h3-4,8,13H,1-2,5-7,9-11H2,(H,18,22). The highest BCUT2D eigenvalue weighted by molar-refractivity contribution is 5.80. The second-order valence-electron chi connectivity index (χ2n) is 6.39. The van der Waals surface area contributed by atoms with Crippen LogP contribution in [-0.2, 0) is 11.3 Å². The zero-order valence-electron chi connectivity index (χ0n) is 13.5. The van der Waals surface area contributed by atoms with E-state index in [1.54, 1.807) is 4.90 Å². The van der Waals surface area contributed by atoms with Gasteiger partial charge in [0.25, 0.3) is 0 Å².